The second-order valence-corrected chi connectivity index (χ2v) is 6.17. The number of likely N-dealkylation sites (tertiary alicyclic amines) is 1. The number of hydrogen-bond acceptors (Lipinski definition) is 4. The second kappa shape index (κ2) is 7.74. The van der Waals surface area contributed by atoms with Gasteiger partial charge in [-0.15, -0.1) is 0 Å². The predicted molar refractivity (Wildman–Crippen MR) is 79.6 cm³/mol. The summed E-state index contributed by atoms with van der Waals surface area (Å²) in [4.78, 5) is 2.61. The van der Waals surface area contributed by atoms with Crippen molar-refractivity contribution in [1.82, 2.24) is 4.90 Å². The van der Waals surface area contributed by atoms with Crippen LogP contribution in [0.1, 0.15) is 52.4 Å². The highest BCUT2D eigenvalue weighted by atomic mass is 16.7. The lowest BCUT2D eigenvalue weighted by Crippen LogP contribution is -2.51. The SMILES string of the molecule is CCOC1(OCC)CCN([C@H]2CC[C@H](CO)CC2)CC1. The normalized spacial score (nSPS) is 31.4. The lowest BCUT2D eigenvalue weighted by atomic mass is 9.85. The van der Waals surface area contributed by atoms with Crippen LogP contribution < -0.4 is 0 Å². The van der Waals surface area contributed by atoms with E-state index in [4.69, 9.17) is 9.47 Å². The summed E-state index contributed by atoms with van der Waals surface area (Å²) in [6.07, 6.45) is 6.80. The molecule has 0 amide bonds. The summed E-state index contributed by atoms with van der Waals surface area (Å²) < 4.78 is 11.8. The van der Waals surface area contributed by atoms with Gasteiger partial charge in [-0.2, -0.15) is 0 Å². The van der Waals surface area contributed by atoms with Gasteiger partial charge in [0.05, 0.1) is 0 Å². The Bertz CT molecular complexity index is 261. The topological polar surface area (TPSA) is 41.9 Å². The Morgan fingerprint density at radius 3 is 2.00 bits per heavy atom. The molecule has 1 aliphatic carbocycles. The molecule has 0 unspecified atom stereocenters. The van der Waals surface area contributed by atoms with Crippen LogP contribution >= 0.6 is 0 Å². The van der Waals surface area contributed by atoms with Crippen LogP contribution in [-0.2, 0) is 9.47 Å². The van der Waals surface area contributed by atoms with E-state index in [1.807, 2.05) is 13.8 Å². The van der Waals surface area contributed by atoms with E-state index in [1.165, 1.54) is 25.7 Å². The molecule has 0 spiro atoms. The molecule has 1 heterocycles. The molecule has 4 nitrogen and oxygen atoms in total. The summed E-state index contributed by atoms with van der Waals surface area (Å²) in [6, 6.07) is 0.707. The molecular weight excluding hydrogens is 254 g/mol. The second-order valence-electron chi connectivity index (χ2n) is 6.17. The summed E-state index contributed by atoms with van der Waals surface area (Å²) in [7, 11) is 0. The van der Waals surface area contributed by atoms with Crippen LogP contribution in [-0.4, -0.2) is 54.7 Å². The van der Waals surface area contributed by atoms with Crippen molar-refractivity contribution < 1.29 is 14.6 Å². The van der Waals surface area contributed by atoms with E-state index < -0.39 is 0 Å². The van der Waals surface area contributed by atoms with E-state index >= 15 is 0 Å². The molecule has 2 fully saturated rings. The molecule has 1 saturated carbocycles. The Morgan fingerprint density at radius 1 is 1.00 bits per heavy atom. The van der Waals surface area contributed by atoms with Gasteiger partial charge < -0.3 is 14.6 Å². The van der Waals surface area contributed by atoms with Gasteiger partial charge in [0.25, 0.3) is 0 Å². The van der Waals surface area contributed by atoms with Crippen molar-refractivity contribution >= 4 is 0 Å². The highest BCUT2D eigenvalue weighted by molar-refractivity contribution is 4.86. The van der Waals surface area contributed by atoms with Gasteiger partial charge in [0, 0.05) is 51.8 Å². The Labute approximate surface area is 123 Å². The molecule has 1 saturated heterocycles. The summed E-state index contributed by atoms with van der Waals surface area (Å²) in [5.74, 6) is 0.212. The van der Waals surface area contributed by atoms with Crippen molar-refractivity contribution in [2.45, 2.75) is 64.2 Å². The van der Waals surface area contributed by atoms with Gasteiger partial charge in [-0.1, -0.05) is 0 Å². The zero-order chi connectivity index (χ0) is 14.4. The van der Waals surface area contributed by atoms with E-state index in [2.05, 4.69) is 4.90 Å². The van der Waals surface area contributed by atoms with E-state index in [1.54, 1.807) is 0 Å². The molecule has 0 aromatic heterocycles. The largest absolute Gasteiger partial charge is 0.396 e. The van der Waals surface area contributed by atoms with Crippen LogP contribution in [0.5, 0.6) is 0 Å². The first kappa shape index (κ1) is 16.2. The number of aliphatic hydroxyl groups excluding tert-OH is 1. The minimum absolute atomic E-state index is 0.331. The Morgan fingerprint density at radius 2 is 1.55 bits per heavy atom. The van der Waals surface area contributed by atoms with Crippen molar-refractivity contribution in [1.29, 1.82) is 0 Å². The maximum absolute atomic E-state index is 9.23. The molecule has 0 aromatic rings. The lowest BCUT2D eigenvalue weighted by Gasteiger charge is -2.45. The maximum Gasteiger partial charge on any atom is 0.170 e. The van der Waals surface area contributed by atoms with Gasteiger partial charge in [0.2, 0.25) is 0 Å². The molecule has 1 N–H and O–H groups in total. The molecule has 1 aliphatic heterocycles. The van der Waals surface area contributed by atoms with Crippen molar-refractivity contribution in [3.8, 4) is 0 Å². The van der Waals surface area contributed by atoms with E-state index in [9.17, 15) is 5.11 Å². The molecular formula is C16H31NO3. The number of rotatable bonds is 6. The highest BCUT2D eigenvalue weighted by Gasteiger charge is 2.38. The minimum atomic E-state index is -0.331. The van der Waals surface area contributed by atoms with E-state index in [0.29, 0.717) is 18.6 Å². The molecule has 0 bridgehead atoms. The van der Waals surface area contributed by atoms with Gasteiger partial charge in [-0.25, -0.2) is 0 Å². The lowest BCUT2D eigenvalue weighted by molar-refractivity contribution is -0.255. The molecule has 118 valence electrons. The zero-order valence-corrected chi connectivity index (χ0v) is 13.1. The number of nitrogens with zero attached hydrogens (tertiary/aromatic N) is 1. The summed E-state index contributed by atoms with van der Waals surface area (Å²) >= 11 is 0. The zero-order valence-electron chi connectivity index (χ0n) is 13.1. The van der Waals surface area contributed by atoms with Gasteiger partial charge in [-0.3, -0.25) is 4.90 Å². The number of ether oxygens (including phenoxy) is 2. The molecule has 0 atom stereocenters. The summed E-state index contributed by atoms with van der Waals surface area (Å²) in [5.41, 5.74) is 0. The molecule has 0 aromatic carbocycles. The van der Waals surface area contributed by atoms with Gasteiger partial charge in [-0.05, 0) is 45.4 Å². The van der Waals surface area contributed by atoms with Crippen molar-refractivity contribution in [2.24, 2.45) is 5.92 Å². The Kier molecular flexibility index (Phi) is 6.27. The van der Waals surface area contributed by atoms with Crippen LogP contribution in [0.4, 0.5) is 0 Å². The van der Waals surface area contributed by atoms with Gasteiger partial charge in [0.1, 0.15) is 0 Å². The van der Waals surface area contributed by atoms with Crippen molar-refractivity contribution in [3.05, 3.63) is 0 Å². The maximum atomic E-state index is 9.23. The fraction of sp³-hybridized carbons (Fsp3) is 1.00. The van der Waals surface area contributed by atoms with E-state index in [-0.39, 0.29) is 5.79 Å². The first-order valence-electron chi connectivity index (χ1n) is 8.36. The molecule has 20 heavy (non-hydrogen) atoms. The minimum Gasteiger partial charge on any atom is -0.396 e. The smallest absolute Gasteiger partial charge is 0.170 e. The van der Waals surface area contributed by atoms with Crippen LogP contribution in [0.2, 0.25) is 0 Å². The van der Waals surface area contributed by atoms with Crippen LogP contribution in [0.25, 0.3) is 0 Å². The standard InChI is InChI=1S/C16H31NO3/c1-3-19-16(20-4-2)9-11-17(12-10-16)15-7-5-14(13-18)6-8-15/h14-15,18H,3-13H2,1-2H3/t14-,15-. The van der Waals surface area contributed by atoms with Crippen LogP contribution in [0.15, 0.2) is 0 Å². The third kappa shape index (κ3) is 3.94. The third-order valence-corrected chi connectivity index (χ3v) is 4.97. The van der Waals surface area contributed by atoms with E-state index in [0.717, 1.165) is 39.1 Å². The first-order valence-corrected chi connectivity index (χ1v) is 8.36. The average Bonchev–Trinajstić information content (AvgIpc) is 2.49. The summed E-state index contributed by atoms with van der Waals surface area (Å²) in [5, 5.41) is 9.23. The fourth-order valence-electron chi connectivity index (χ4n) is 3.78. The number of hydrogen-bond donors (Lipinski definition) is 1. The van der Waals surface area contributed by atoms with Crippen LogP contribution in [0.3, 0.4) is 0 Å². The van der Waals surface area contributed by atoms with Crippen molar-refractivity contribution in [2.75, 3.05) is 32.9 Å². The molecule has 0 radical (unpaired) electrons. The van der Waals surface area contributed by atoms with Crippen LogP contribution in [0, 0.1) is 5.92 Å². The number of piperidine rings is 1. The molecule has 4 heteroatoms. The highest BCUT2D eigenvalue weighted by Crippen LogP contribution is 2.33. The van der Waals surface area contributed by atoms with Gasteiger partial charge >= 0.3 is 0 Å². The van der Waals surface area contributed by atoms with Crippen molar-refractivity contribution in [3.63, 3.8) is 0 Å². The third-order valence-electron chi connectivity index (χ3n) is 4.97. The Hall–Kier alpha value is -0.160. The molecule has 2 aliphatic rings. The first-order chi connectivity index (χ1) is 9.73. The quantitative estimate of drug-likeness (QED) is 0.761. The monoisotopic (exact) mass is 285 g/mol. The fourth-order valence-corrected chi connectivity index (χ4v) is 3.78. The summed E-state index contributed by atoms with van der Waals surface area (Å²) in [6.45, 7) is 8.06. The average molecular weight is 285 g/mol. The van der Waals surface area contributed by atoms with Gasteiger partial charge in [0.15, 0.2) is 5.79 Å². The predicted octanol–water partition coefficient (Wildman–Crippen LogP) is 2.40. The number of aliphatic hydroxyl groups is 1. The molecule has 2 rings (SSSR count). The Balaban J connectivity index is 1.81.